The molecule has 28 heavy (non-hydrogen) atoms. The van der Waals surface area contributed by atoms with E-state index in [-0.39, 0.29) is 17.8 Å². The van der Waals surface area contributed by atoms with Crippen molar-refractivity contribution in [3.8, 4) is 0 Å². The molecule has 0 aromatic carbocycles. The first kappa shape index (κ1) is 23.9. The van der Waals surface area contributed by atoms with Gasteiger partial charge in [-0.1, -0.05) is 63.1 Å². The van der Waals surface area contributed by atoms with Crippen LogP contribution in [-0.2, 0) is 9.53 Å². The Hall–Kier alpha value is -2.10. The van der Waals surface area contributed by atoms with E-state index in [1.165, 1.54) is 24.2 Å². The fraction of sp³-hybridized carbons (Fsp3) is 0.583. The van der Waals surface area contributed by atoms with Gasteiger partial charge < -0.3 is 9.64 Å². The van der Waals surface area contributed by atoms with Gasteiger partial charge in [0.15, 0.2) is 5.78 Å². The first-order valence-corrected chi connectivity index (χ1v) is 10.6. The zero-order valence-electron chi connectivity index (χ0n) is 18.0. The second-order valence-corrected chi connectivity index (χ2v) is 7.67. The fourth-order valence-electron chi connectivity index (χ4n) is 2.98. The van der Waals surface area contributed by atoms with Gasteiger partial charge in [0.25, 0.3) is 0 Å². The van der Waals surface area contributed by atoms with Crippen LogP contribution in [0.25, 0.3) is 0 Å². The summed E-state index contributed by atoms with van der Waals surface area (Å²) in [5.74, 6) is 0.865. The monoisotopic (exact) mass is 387 g/mol. The van der Waals surface area contributed by atoms with E-state index in [2.05, 4.69) is 32.1 Å². The Kier molecular flexibility index (Phi) is 11.9. The summed E-state index contributed by atoms with van der Waals surface area (Å²) in [6.07, 6.45) is 21.3. The van der Waals surface area contributed by atoms with E-state index >= 15 is 0 Å². The summed E-state index contributed by atoms with van der Waals surface area (Å²) >= 11 is 0. The van der Waals surface area contributed by atoms with Crippen molar-refractivity contribution < 1.29 is 14.3 Å². The molecule has 156 valence electrons. The Morgan fingerprint density at radius 2 is 2.04 bits per heavy atom. The summed E-state index contributed by atoms with van der Waals surface area (Å²) in [6, 6.07) is 0. The van der Waals surface area contributed by atoms with Gasteiger partial charge in [-0.15, -0.1) is 0 Å². The maximum atomic E-state index is 12.1. The number of rotatable bonds is 12. The molecule has 0 saturated heterocycles. The van der Waals surface area contributed by atoms with Crippen molar-refractivity contribution in [3.63, 3.8) is 0 Å². The van der Waals surface area contributed by atoms with Crippen molar-refractivity contribution in [1.29, 1.82) is 0 Å². The van der Waals surface area contributed by atoms with E-state index in [0.29, 0.717) is 12.5 Å². The second-order valence-electron chi connectivity index (χ2n) is 7.67. The number of ketones is 1. The molecule has 1 aliphatic carbocycles. The van der Waals surface area contributed by atoms with E-state index in [1.807, 2.05) is 18.2 Å². The smallest absolute Gasteiger partial charge is 0.409 e. The van der Waals surface area contributed by atoms with Gasteiger partial charge >= 0.3 is 6.09 Å². The highest BCUT2D eigenvalue weighted by Crippen LogP contribution is 2.25. The second kappa shape index (κ2) is 14.0. The first-order valence-electron chi connectivity index (χ1n) is 10.6. The molecule has 4 nitrogen and oxygen atoms in total. The van der Waals surface area contributed by atoms with Gasteiger partial charge in [-0.2, -0.15) is 0 Å². The van der Waals surface area contributed by atoms with Crippen LogP contribution in [0.2, 0.25) is 0 Å². The maximum absolute atomic E-state index is 12.1. The largest absolute Gasteiger partial charge is 0.449 e. The van der Waals surface area contributed by atoms with Crippen LogP contribution < -0.4 is 0 Å². The third kappa shape index (κ3) is 9.72. The van der Waals surface area contributed by atoms with Crippen molar-refractivity contribution in [1.82, 2.24) is 4.90 Å². The SMILES string of the molecule is CCCCC(C)C=CC=C1C(=O)C=C[C@@H]1C/C=C\CCCCOC(=O)N(C)C. The summed E-state index contributed by atoms with van der Waals surface area (Å²) < 4.78 is 5.10. The van der Waals surface area contributed by atoms with Crippen LogP contribution in [0.5, 0.6) is 0 Å². The highest BCUT2D eigenvalue weighted by atomic mass is 16.6. The maximum Gasteiger partial charge on any atom is 0.409 e. The minimum absolute atomic E-state index is 0.131. The zero-order chi connectivity index (χ0) is 20.8. The number of carbonyl (C=O) groups is 2. The van der Waals surface area contributed by atoms with Crippen LogP contribution in [0.15, 0.2) is 48.1 Å². The Morgan fingerprint density at radius 3 is 2.75 bits per heavy atom. The lowest BCUT2D eigenvalue weighted by Gasteiger charge is -2.10. The lowest BCUT2D eigenvalue weighted by atomic mass is 9.97. The Bertz CT molecular complexity index is 599. The van der Waals surface area contributed by atoms with Gasteiger partial charge in [-0.3, -0.25) is 4.79 Å². The average molecular weight is 388 g/mol. The van der Waals surface area contributed by atoms with E-state index < -0.39 is 0 Å². The average Bonchev–Trinajstić information content (AvgIpc) is 3.01. The standard InChI is InChI=1S/C24H37NO3/c1-5-6-13-20(2)14-12-16-22-21(17-18-23(22)26)15-10-8-7-9-11-19-28-24(27)25(3)4/h8,10,12,14,16-18,20-21H,5-7,9,11,13,15,19H2,1-4H3/b10-8-,14-12?,22-16?/t20?,21-/m0/s1. The number of unbranched alkanes of at least 4 members (excludes halogenated alkanes) is 3. The van der Waals surface area contributed by atoms with Gasteiger partial charge in [0.2, 0.25) is 0 Å². The van der Waals surface area contributed by atoms with Gasteiger partial charge in [-0.25, -0.2) is 4.79 Å². The van der Waals surface area contributed by atoms with Crippen molar-refractivity contribution in [2.75, 3.05) is 20.7 Å². The molecule has 1 unspecified atom stereocenters. The lowest BCUT2D eigenvalue weighted by molar-refractivity contribution is -0.111. The molecule has 0 bridgehead atoms. The van der Waals surface area contributed by atoms with Gasteiger partial charge in [0.1, 0.15) is 0 Å². The minimum Gasteiger partial charge on any atom is -0.449 e. The molecule has 0 heterocycles. The van der Waals surface area contributed by atoms with E-state index in [1.54, 1.807) is 20.2 Å². The number of allylic oxidation sites excluding steroid dienone is 8. The van der Waals surface area contributed by atoms with E-state index in [4.69, 9.17) is 4.74 Å². The molecule has 0 saturated carbocycles. The zero-order valence-corrected chi connectivity index (χ0v) is 18.0. The first-order chi connectivity index (χ1) is 13.5. The third-order valence-corrected chi connectivity index (χ3v) is 4.80. The summed E-state index contributed by atoms with van der Waals surface area (Å²) in [5.41, 5.74) is 0.888. The van der Waals surface area contributed by atoms with Crippen LogP contribution in [-0.4, -0.2) is 37.5 Å². The summed E-state index contributed by atoms with van der Waals surface area (Å²) in [7, 11) is 3.36. The van der Waals surface area contributed by atoms with Crippen LogP contribution in [0.3, 0.4) is 0 Å². The highest BCUT2D eigenvalue weighted by molar-refractivity contribution is 6.07. The Balaban J connectivity index is 2.32. The quantitative estimate of drug-likeness (QED) is 0.239. The van der Waals surface area contributed by atoms with Crippen LogP contribution in [0.4, 0.5) is 4.79 Å². The molecular weight excluding hydrogens is 350 g/mol. The number of nitrogens with zero attached hydrogens (tertiary/aromatic N) is 1. The molecule has 0 N–H and O–H groups in total. The molecule has 2 atom stereocenters. The van der Waals surface area contributed by atoms with Crippen molar-refractivity contribution in [2.45, 2.75) is 58.8 Å². The molecule has 0 spiro atoms. The number of ether oxygens (including phenoxy) is 1. The predicted octanol–water partition coefficient (Wildman–Crippen LogP) is 5.87. The molecule has 1 amide bonds. The summed E-state index contributed by atoms with van der Waals surface area (Å²) in [6.45, 7) is 4.89. The molecule has 0 radical (unpaired) electrons. The summed E-state index contributed by atoms with van der Waals surface area (Å²) in [4.78, 5) is 24.8. The molecule has 1 aliphatic rings. The number of hydrogen-bond acceptors (Lipinski definition) is 3. The lowest BCUT2D eigenvalue weighted by Crippen LogP contribution is -2.23. The molecule has 0 aromatic heterocycles. The number of hydrogen-bond donors (Lipinski definition) is 0. The molecule has 0 fully saturated rings. The topological polar surface area (TPSA) is 46.6 Å². The Morgan fingerprint density at radius 1 is 1.25 bits per heavy atom. The number of amides is 1. The van der Waals surface area contributed by atoms with Gasteiger partial charge in [-0.05, 0) is 44.1 Å². The number of carbonyl (C=O) groups excluding carboxylic acids is 2. The van der Waals surface area contributed by atoms with Gasteiger partial charge in [0.05, 0.1) is 6.61 Å². The van der Waals surface area contributed by atoms with Crippen LogP contribution in [0, 0.1) is 11.8 Å². The normalized spacial score (nSPS) is 19.2. The predicted molar refractivity (Wildman–Crippen MR) is 116 cm³/mol. The third-order valence-electron chi connectivity index (χ3n) is 4.80. The summed E-state index contributed by atoms with van der Waals surface area (Å²) in [5, 5.41) is 0. The van der Waals surface area contributed by atoms with E-state index in [0.717, 1.165) is 31.3 Å². The van der Waals surface area contributed by atoms with Crippen molar-refractivity contribution in [3.05, 3.63) is 48.1 Å². The molecule has 4 heteroatoms. The molecular formula is C24H37NO3. The molecule has 0 aliphatic heterocycles. The highest BCUT2D eigenvalue weighted by Gasteiger charge is 2.20. The molecule has 1 rings (SSSR count). The Labute approximate surface area is 171 Å². The van der Waals surface area contributed by atoms with Crippen LogP contribution in [0.1, 0.15) is 58.8 Å². The van der Waals surface area contributed by atoms with Crippen molar-refractivity contribution in [2.24, 2.45) is 11.8 Å². The minimum atomic E-state index is -0.290. The van der Waals surface area contributed by atoms with E-state index in [9.17, 15) is 9.59 Å². The van der Waals surface area contributed by atoms with Crippen LogP contribution >= 0.6 is 0 Å². The van der Waals surface area contributed by atoms with Gasteiger partial charge in [0, 0.05) is 25.6 Å². The fourth-order valence-corrected chi connectivity index (χ4v) is 2.98. The van der Waals surface area contributed by atoms with Crippen molar-refractivity contribution >= 4 is 11.9 Å². The molecule has 0 aromatic rings.